The fraction of sp³-hybridized carbons (Fsp3) is 0.343. The molecule has 43 heavy (non-hydrogen) atoms. The molecule has 2 aliphatic rings. The first-order chi connectivity index (χ1) is 21.0. The van der Waals surface area contributed by atoms with Gasteiger partial charge in [-0.25, -0.2) is 0 Å². The predicted molar refractivity (Wildman–Crippen MR) is 170 cm³/mol. The van der Waals surface area contributed by atoms with Crippen molar-refractivity contribution < 1.29 is 18.3 Å². The molecule has 0 bridgehead atoms. The molecule has 0 saturated heterocycles. The first kappa shape index (κ1) is 29.4. The van der Waals surface area contributed by atoms with Crippen molar-refractivity contribution >= 4 is 33.6 Å². The number of nitrogens with zero attached hydrogens (tertiary/aromatic N) is 2. The van der Waals surface area contributed by atoms with Crippen molar-refractivity contribution in [2.75, 3.05) is 18.0 Å². The normalized spacial score (nSPS) is 18.2. The number of ether oxygens (including phenoxy) is 1. The topological polar surface area (TPSA) is 84.9 Å². The molecular formula is C35H38N3O4S-. The first-order valence-corrected chi connectivity index (χ1v) is 16.2. The van der Waals surface area contributed by atoms with Gasteiger partial charge >= 0.3 is 0 Å². The van der Waals surface area contributed by atoms with Crippen LogP contribution in [-0.4, -0.2) is 39.3 Å². The number of anilines is 1. The van der Waals surface area contributed by atoms with Gasteiger partial charge in [-0.1, -0.05) is 85.6 Å². The van der Waals surface area contributed by atoms with Crippen LogP contribution in [0.1, 0.15) is 67.3 Å². The van der Waals surface area contributed by atoms with E-state index in [9.17, 15) is 13.6 Å². The van der Waals surface area contributed by atoms with Crippen molar-refractivity contribution in [2.24, 2.45) is 0 Å². The van der Waals surface area contributed by atoms with Gasteiger partial charge in [0.1, 0.15) is 5.75 Å². The van der Waals surface area contributed by atoms with E-state index in [0.717, 1.165) is 34.2 Å². The number of amides is 1. The molecular weight excluding hydrogens is 558 g/mol. The number of hydrogen-bond acceptors (Lipinski definition) is 5. The number of benzene rings is 4. The van der Waals surface area contributed by atoms with Gasteiger partial charge in [0.05, 0.1) is 25.1 Å². The number of nitrogens with one attached hydrogen (secondary N) is 1. The second-order valence-corrected chi connectivity index (χ2v) is 12.5. The Morgan fingerprint density at radius 3 is 2.47 bits per heavy atom. The zero-order valence-corrected chi connectivity index (χ0v) is 25.3. The lowest BCUT2D eigenvalue weighted by atomic mass is 9.97. The number of carbonyl (C=O) groups is 1. The second-order valence-electron chi connectivity index (χ2n) is 11.7. The van der Waals surface area contributed by atoms with Gasteiger partial charge in [0.25, 0.3) is 0 Å². The molecule has 0 aromatic heterocycles. The molecule has 1 saturated carbocycles. The minimum Gasteiger partial charge on any atom is -0.755 e. The number of rotatable bonds is 10. The summed E-state index contributed by atoms with van der Waals surface area (Å²) in [4.78, 5) is 16.1. The fourth-order valence-electron chi connectivity index (χ4n) is 6.57. The van der Waals surface area contributed by atoms with Gasteiger partial charge in [0.2, 0.25) is 5.91 Å². The van der Waals surface area contributed by atoms with Crippen LogP contribution in [0.5, 0.6) is 5.75 Å². The zero-order chi connectivity index (χ0) is 29.8. The summed E-state index contributed by atoms with van der Waals surface area (Å²) < 4.78 is 32.9. The van der Waals surface area contributed by atoms with Gasteiger partial charge in [-0.3, -0.25) is 18.2 Å². The molecule has 8 heteroatoms. The molecule has 1 amide bonds. The van der Waals surface area contributed by atoms with Crippen LogP contribution in [0, 0.1) is 0 Å². The van der Waals surface area contributed by atoms with E-state index in [1.165, 1.54) is 35.6 Å². The van der Waals surface area contributed by atoms with Crippen molar-refractivity contribution in [3.8, 4) is 5.75 Å². The van der Waals surface area contributed by atoms with Crippen LogP contribution in [0.2, 0.25) is 0 Å². The highest BCUT2D eigenvalue weighted by molar-refractivity contribution is 7.80. The van der Waals surface area contributed by atoms with Gasteiger partial charge < -0.3 is 14.6 Å². The highest BCUT2D eigenvalue weighted by Gasteiger charge is 2.29. The summed E-state index contributed by atoms with van der Waals surface area (Å²) in [7, 11) is 2.19. The van der Waals surface area contributed by atoms with Gasteiger partial charge in [0.15, 0.2) is 0 Å². The Bertz CT molecular complexity index is 1590. The van der Waals surface area contributed by atoms with E-state index in [0.29, 0.717) is 24.8 Å². The molecule has 0 spiro atoms. The highest BCUT2D eigenvalue weighted by Crippen LogP contribution is 2.36. The lowest BCUT2D eigenvalue weighted by Gasteiger charge is -2.35. The Kier molecular flexibility index (Phi) is 9.07. The van der Waals surface area contributed by atoms with E-state index in [-0.39, 0.29) is 18.4 Å². The largest absolute Gasteiger partial charge is 0.755 e. The zero-order valence-electron chi connectivity index (χ0n) is 24.5. The summed E-state index contributed by atoms with van der Waals surface area (Å²) in [5.41, 5.74) is 3.42. The standard InChI is InChI=1S/C35H39N3O4S/c1-37(29-13-7-8-14-29)24-25-15-18-31-32(19-20-42-34(31)21-25)36-35(39)23-33(27-10-3-2-4-11-27)38(43(40)41)30-17-16-26-9-5-6-12-28(26)22-30/h2-6,9-12,15-18,21-22,29,32-33H,7-8,13-14,19-20,23-24H2,1H3,(H,36,39)(H,40,41)/p-1. The fourth-order valence-corrected chi connectivity index (χ4v) is 7.26. The summed E-state index contributed by atoms with van der Waals surface area (Å²) in [6.45, 7) is 1.38. The first-order valence-electron chi connectivity index (χ1n) is 15.1. The molecule has 1 fully saturated rings. The Morgan fingerprint density at radius 1 is 0.953 bits per heavy atom. The molecule has 7 nitrogen and oxygen atoms in total. The smallest absolute Gasteiger partial charge is 0.222 e. The van der Waals surface area contributed by atoms with Crippen molar-refractivity contribution in [3.05, 3.63) is 108 Å². The molecule has 224 valence electrons. The maximum absolute atomic E-state index is 13.6. The van der Waals surface area contributed by atoms with E-state index < -0.39 is 17.3 Å². The predicted octanol–water partition coefficient (Wildman–Crippen LogP) is 6.59. The summed E-state index contributed by atoms with van der Waals surface area (Å²) >= 11 is -2.62. The van der Waals surface area contributed by atoms with Crippen molar-refractivity contribution in [2.45, 2.75) is 63.2 Å². The molecule has 4 aromatic rings. The van der Waals surface area contributed by atoms with E-state index in [1.807, 2.05) is 66.7 Å². The molecule has 1 aliphatic carbocycles. The van der Waals surface area contributed by atoms with Gasteiger partial charge in [-0.2, -0.15) is 0 Å². The molecule has 1 N–H and O–H groups in total. The van der Waals surface area contributed by atoms with Crippen molar-refractivity contribution in [1.82, 2.24) is 10.2 Å². The minimum absolute atomic E-state index is 0.0260. The molecule has 0 radical (unpaired) electrons. The average molecular weight is 597 g/mol. The van der Waals surface area contributed by atoms with Crippen LogP contribution in [0.3, 0.4) is 0 Å². The van der Waals surface area contributed by atoms with Crippen molar-refractivity contribution in [3.63, 3.8) is 0 Å². The monoisotopic (exact) mass is 596 g/mol. The Hall–Kier alpha value is -3.72. The Morgan fingerprint density at radius 2 is 1.70 bits per heavy atom. The second kappa shape index (κ2) is 13.3. The van der Waals surface area contributed by atoms with Crippen LogP contribution >= 0.6 is 0 Å². The van der Waals surface area contributed by atoms with Gasteiger partial charge in [-0.15, -0.1) is 0 Å². The number of hydrogen-bond donors (Lipinski definition) is 1. The van der Waals surface area contributed by atoms with Crippen LogP contribution in [-0.2, 0) is 22.6 Å². The van der Waals surface area contributed by atoms with Gasteiger partial charge in [0, 0.05) is 41.5 Å². The Balaban J connectivity index is 1.21. The molecule has 3 atom stereocenters. The summed E-state index contributed by atoms with van der Waals surface area (Å²) in [5, 5.41) is 5.15. The molecule has 1 heterocycles. The maximum atomic E-state index is 13.6. The number of fused-ring (bicyclic) bond motifs is 2. The Labute approximate surface area is 256 Å². The highest BCUT2D eigenvalue weighted by atomic mass is 32.2. The summed E-state index contributed by atoms with van der Waals surface area (Å²) in [5.74, 6) is 0.597. The lowest BCUT2D eigenvalue weighted by Crippen LogP contribution is -2.37. The molecule has 1 aliphatic heterocycles. The third-order valence-corrected chi connectivity index (χ3v) is 9.61. The third-order valence-electron chi connectivity index (χ3n) is 8.83. The summed E-state index contributed by atoms with van der Waals surface area (Å²) in [6, 6.07) is 28.7. The average Bonchev–Trinajstić information content (AvgIpc) is 3.57. The SMILES string of the molecule is CN(Cc1ccc2c(c1)OCCC2NC(=O)CC(c1ccccc1)N(c1ccc2ccccc2c1)S(=O)[O-])C1CCCC1. The maximum Gasteiger partial charge on any atom is 0.222 e. The number of carbonyl (C=O) groups excluding carboxylic acids is 1. The van der Waals surface area contributed by atoms with Crippen LogP contribution in [0.25, 0.3) is 10.8 Å². The van der Waals surface area contributed by atoms with Crippen LogP contribution in [0.4, 0.5) is 5.69 Å². The molecule has 6 rings (SSSR count). The van der Waals surface area contributed by atoms with Crippen LogP contribution in [0.15, 0.2) is 91.0 Å². The lowest BCUT2D eigenvalue weighted by molar-refractivity contribution is -0.122. The van der Waals surface area contributed by atoms with Crippen LogP contribution < -0.4 is 14.4 Å². The van der Waals surface area contributed by atoms with Crippen molar-refractivity contribution in [1.29, 1.82) is 0 Å². The summed E-state index contributed by atoms with van der Waals surface area (Å²) in [6.07, 6.45) is 5.75. The van der Waals surface area contributed by atoms with E-state index in [2.05, 4.69) is 35.5 Å². The third kappa shape index (κ3) is 6.77. The molecule has 4 aromatic carbocycles. The van der Waals surface area contributed by atoms with Gasteiger partial charge in [-0.05, 0) is 60.0 Å². The van der Waals surface area contributed by atoms with E-state index >= 15 is 0 Å². The van der Waals surface area contributed by atoms with E-state index in [4.69, 9.17) is 4.74 Å². The van der Waals surface area contributed by atoms with E-state index in [1.54, 1.807) is 6.07 Å². The minimum atomic E-state index is -2.62. The molecule has 3 unspecified atom stereocenters. The quantitative estimate of drug-likeness (QED) is 0.209.